The molecule has 0 bridgehead atoms. The van der Waals surface area contributed by atoms with Gasteiger partial charge in [0, 0.05) is 24.2 Å². The van der Waals surface area contributed by atoms with Gasteiger partial charge in [0.2, 0.25) is 0 Å². The highest BCUT2D eigenvalue weighted by Crippen LogP contribution is 2.21. The van der Waals surface area contributed by atoms with Crippen molar-refractivity contribution in [3.8, 4) is 0 Å². The van der Waals surface area contributed by atoms with Crippen molar-refractivity contribution in [1.82, 2.24) is 10.2 Å². The van der Waals surface area contributed by atoms with Gasteiger partial charge in [0.25, 0.3) is 0 Å². The van der Waals surface area contributed by atoms with E-state index >= 15 is 0 Å². The molecule has 1 saturated heterocycles. The molecule has 3 unspecified atom stereocenters. The van der Waals surface area contributed by atoms with Crippen LogP contribution in [-0.4, -0.2) is 60.5 Å². The molecule has 0 spiro atoms. The summed E-state index contributed by atoms with van der Waals surface area (Å²) in [6, 6.07) is 0.960. The second-order valence-electron chi connectivity index (χ2n) is 6.61. The van der Waals surface area contributed by atoms with E-state index in [2.05, 4.69) is 45.0 Å². The quantitative estimate of drug-likeness (QED) is 0.680. The summed E-state index contributed by atoms with van der Waals surface area (Å²) < 4.78 is 5.63. The lowest BCUT2D eigenvalue weighted by molar-refractivity contribution is 0.0798. The maximum atomic E-state index is 9.75. The topological polar surface area (TPSA) is 44.7 Å². The Morgan fingerprint density at radius 3 is 2.60 bits per heavy atom. The molecule has 1 heterocycles. The van der Waals surface area contributed by atoms with Crippen LogP contribution in [0.2, 0.25) is 0 Å². The van der Waals surface area contributed by atoms with Crippen LogP contribution in [0.25, 0.3) is 0 Å². The second-order valence-corrected chi connectivity index (χ2v) is 6.61. The van der Waals surface area contributed by atoms with Gasteiger partial charge in [-0.15, -0.1) is 0 Å². The molecule has 120 valence electrons. The summed E-state index contributed by atoms with van der Waals surface area (Å²) >= 11 is 0. The third kappa shape index (κ3) is 4.99. The fraction of sp³-hybridized carbons (Fsp3) is 1.00. The fourth-order valence-electron chi connectivity index (χ4n) is 3.33. The van der Waals surface area contributed by atoms with Gasteiger partial charge in [0.1, 0.15) is 0 Å². The van der Waals surface area contributed by atoms with Crippen LogP contribution in [-0.2, 0) is 4.74 Å². The van der Waals surface area contributed by atoms with Crippen molar-refractivity contribution in [3.63, 3.8) is 0 Å². The van der Waals surface area contributed by atoms with Crippen LogP contribution in [0.1, 0.15) is 53.4 Å². The van der Waals surface area contributed by atoms with E-state index in [0.717, 1.165) is 38.8 Å². The first-order valence-corrected chi connectivity index (χ1v) is 8.14. The van der Waals surface area contributed by atoms with Gasteiger partial charge >= 0.3 is 0 Å². The van der Waals surface area contributed by atoms with Gasteiger partial charge in [-0.2, -0.15) is 0 Å². The smallest absolute Gasteiger partial charge is 0.0702 e. The Labute approximate surface area is 124 Å². The van der Waals surface area contributed by atoms with Crippen LogP contribution in [0.15, 0.2) is 0 Å². The molecule has 0 radical (unpaired) electrons. The third-order valence-corrected chi connectivity index (χ3v) is 4.64. The van der Waals surface area contributed by atoms with Gasteiger partial charge in [-0.1, -0.05) is 20.8 Å². The summed E-state index contributed by atoms with van der Waals surface area (Å²) in [5, 5.41) is 13.3. The SMILES string of the molecule is CCC(CO)(CCCN(C)C1CCOC1C)NC(C)C. The maximum Gasteiger partial charge on any atom is 0.0702 e. The number of likely N-dealkylation sites (N-methyl/N-ethyl adjacent to an activating group) is 1. The van der Waals surface area contributed by atoms with Crippen molar-refractivity contribution in [2.24, 2.45) is 0 Å². The molecule has 2 N–H and O–H groups in total. The largest absolute Gasteiger partial charge is 0.394 e. The predicted octanol–water partition coefficient (Wildman–Crippen LogP) is 2.01. The van der Waals surface area contributed by atoms with Gasteiger partial charge in [-0.3, -0.25) is 0 Å². The number of nitrogens with zero attached hydrogens (tertiary/aromatic N) is 1. The molecule has 1 aliphatic heterocycles. The van der Waals surface area contributed by atoms with Gasteiger partial charge in [-0.25, -0.2) is 0 Å². The molecular formula is C16H34N2O2. The first-order valence-electron chi connectivity index (χ1n) is 8.14. The van der Waals surface area contributed by atoms with Crippen molar-refractivity contribution in [3.05, 3.63) is 0 Å². The molecule has 0 aromatic carbocycles. The van der Waals surface area contributed by atoms with Crippen LogP contribution in [0.3, 0.4) is 0 Å². The Bertz CT molecular complexity index is 267. The van der Waals surface area contributed by atoms with Crippen LogP contribution < -0.4 is 5.32 Å². The maximum absolute atomic E-state index is 9.75. The lowest BCUT2D eigenvalue weighted by Crippen LogP contribution is -2.51. The minimum atomic E-state index is -0.118. The van der Waals surface area contributed by atoms with Gasteiger partial charge in [0.15, 0.2) is 0 Å². The van der Waals surface area contributed by atoms with Crippen molar-refractivity contribution < 1.29 is 9.84 Å². The molecule has 0 aliphatic carbocycles. The molecular weight excluding hydrogens is 252 g/mol. The minimum Gasteiger partial charge on any atom is -0.394 e. The van der Waals surface area contributed by atoms with Crippen LogP contribution in [0, 0.1) is 0 Å². The highest BCUT2D eigenvalue weighted by atomic mass is 16.5. The van der Waals surface area contributed by atoms with E-state index in [4.69, 9.17) is 4.74 Å². The Balaban J connectivity index is 2.39. The van der Waals surface area contributed by atoms with E-state index in [1.165, 1.54) is 0 Å². The molecule has 1 aliphatic rings. The van der Waals surface area contributed by atoms with Crippen molar-refractivity contribution in [1.29, 1.82) is 0 Å². The monoisotopic (exact) mass is 286 g/mol. The Kier molecular flexibility index (Phi) is 7.45. The van der Waals surface area contributed by atoms with Gasteiger partial charge in [0.05, 0.1) is 12.7 Å². The van der Waals surface area contributed by atoms with Crippen molar-refractivity contribution in [2.75, 3.05) is 26.8 Å². The molecule has 0 amide bonds. The Hall–Kier alpha value is -0.160. The van der Waals surface area contributed by atoms with E-state index < -0.39 is 0 Å². The fourth-order valence-corrected chi connectivity index (χ4v) is 3.33. The van der Waals surface area contributed by atoms with Gasteiger partial charge < -0.3 is 20.1 Å². The molecule has 4 heteroatoms. The minimum absolute atomic E-state index is 0.118. The van der Waals surface area contributed by atoms with E-state index in [9.17, 15) is 5.11 Å². The second kappa shape index (κ2) is 8.32. The Morgan fingerprint density at radius 2 is 2.15 bits per heavy atom. The van der Waals surface area contributed by atoms with Crippen LogP contribution >= 0.6 is 0 Å². The van der Waals surface area contributed by atoms with Crippen molar-refractivity contribution in [2.45, 2.75) is 77.1 Å². The lowest BCUT2D eigenvalue weighted by atomic mass is 9.90. The predicted molar refractivity (Wildman–Crippen MR) is 84.1 cm³/mol. The summed E-state index contributed by atoms with van der Waals surface area (Å²) in [6.45, 7) is 10.8. The highest BCUT2D eigenvalue weighted by molar-refractivity contribution is 4.88. The zero-order valence-corrected chi connectivity index (χ0v) is 14.0. The number of hydrogen-bond donors (Lipinski definition) is 2. The average Bonchev–Trinajstić information content (AvgIpc) is 2.83. The molecule has 0 saturated carbocycles. The van der Waals surface area contributed by atoms with E-state index in [1.807, 2.05) is 0 Å². The molecule has 4 nitrogen and oxygen atoms in total. The van der Waals surface area contributed by atoms with Crippen molar-refractivity contribution >= 4 is 0 Å². The molecule has 1 rings (SSSR count). The molecule has 0 aromatic rings. The number of nitrogens with one attached hydrogen (secondary N) is 1. The average molecular weight is 286 g/mol. The summed E-state index contributed by atoms with van der Waals surface area (Å²) in [5.41, 5.74) is -0.118. The normalized spacial score (nSPS) is 26.4. The number of hydrogen-bond acceptors (Lipinski definition) is 4. The first-order chi connectivity index (χ1) is 9.44. The zero-order chi connectivity index (χ0) is 15.2. The summed E-state index contributed by atoms with van der Waals surface area (Å²) in [6.07, 6.45) is 4.58. The highest BCUT2D eigenvalue weighted by Gasteiger charge is 2.30. The first kappa shape index (κ1) is 17.9. The number of rotatable bonds is 9. The molecule has 0 aromatic heterocycles. The number of ether oxygens (including phenoxy) is 1. The molecule has 20 heavy (non-hydrogen) atoms. The summed E-state index contributed by atoms with van der Waals surface area (Å²) in [4.78, 5) is 2.42. The van der Waals surface area contributed by atoms with E-state index in [-0.39, 0.29) is 12.1 Å². The number of aliphatic hydroxyl groups excluding tert-OH is 1. The zero-order valence-electron chi connectivity index (χ0n) is 14.0. The van der Waals surface area contributed by atoms with E-state index in [0.29, 0.717) is 18.2 Å². The van der Waals surface area contributed by atoms with E-state index in [1.54, 1.807) is 0 Å². The van der Waals surface area contributed by atoms with Gasteiger partial charge in [-0.05, 0) is 46.2 Å². The standard InChI is InChI=1S/C16H34N2O2/c1-6-16(12-19,17-13(2)3)9-7-10-18(5)15-8-11-20-14(15)4/h13-15,17,19H,6-12H2,1-5H3. The summed E-state index contributed by atoms with van der Waals surface area (Å²) in [7, 11) is 2.19. The number of aliphatic hydroxyl groups is 1. The lowest BCUT2D eigenvalue weighted by Gasteiger charge is -2.35. The molecule has 3 atom stereocenters. The summed E-state index contributed by atoms with van der Waals surface area (Å²) in [5.74, 6) is 0. The van der Waals surface area contributed by atoms with Crippen LogP contribution in [0.5, 0.6) is 0 Å². The molecule has 1 fully saturated rings. The Morgan fingerprint density at radius 1 is 1.45 bits per heavy atom. The van der Waals surface area contributed by atoms with Crippen LogP contribution in [0.4, 0.5) is 0 Å². The third-order valence-electron chi connectivity index (χ3n) is 4.64.